The van der Waals surface area contributed by atoms with Crippen molar-refractivity contribution in [2.75, 3.05) is 26.2 Å². The fourth-order valence-electron chi connectivity index (χ4n) is 2.47. The van der Waals surface area contributed by atoms with Crippen LogP contribution in [-0.2, 0) is 4.79 Å². The van der Waals surface area contributed by atoms with Gasteiger partial charge in [-0.3, -0.25) is 9.59 Å². The second kappa shape index (κ2) is 5.81. The summed E-state index contributed by atoms with van der Waals surface area (Å²) in [6.07, 6.45) is 3.39. The Balaban J connectivity index is 1.64. The largest absolute Gasteiger partial charge is 0.339 e. The minimum atomic E-state index is -0.164. The van der Waals surface area contributed by atoms with Gasteiger partial charge in [-0.2, -0.15) is 0 Å². The Bertz CT molecular complexity index is 582. The van der Waals surface area contributed by atoms with E-state index < -0.39 is 0 Å². The van der Waals surface area contributed by atoms with Crippen molar-refractivity contribution in [3.63, 3.8) is 0 Å². The quantitative estimate of drug-likeness (QED) is 0.781. The van der Waals surface area contributed by atoms with Crippen LogP contribution in [0, 0.1) is 5.92 Å². The van der Waals surface area contributed by atoms with Gasteiger partial charge < -0.3 is 9.80 Å². The standard InChI is InChI=1S/C14H15Cl2N3O2/c15-11-8-17-12(16)7-10(11)14(21)19-5-3-18(4-6-19)13(20)9-1-2-9/h7-9H,1-6H2. The number of nitrogens with zero attached hydrogens (tertiary/aromatic N) is 3. The molecule has 2 fully saturated rings. The van der Waals surface area contributed by atoms with Crippen molar-refractivity contribution < 1.29 is 9.59 Å². The number of aromatic nitrogens is 1. The lowest BCUT2D eigenvalue weighted by Crippen LogP contribution is -2.51. The molecule has 0 atom stereocenters. The molecule has 5 nitrogen and oxygen atoms in total. The summed E-state index contributed by atoms with van der Waals surface area (Å²) in [5, 5.41) is 0.534. The van der Waals surface area contributed by atoms with Crippen molar-refractivity contribution in [3.8, 4) is 0 Å². The second-order valence-electron chi connectivity index (χ2n) is 5.38. The molecule has 112 valence electrons. The highest BCUT2D eigenvalue weighted by molar-refractivity contribution is 6.35. The maximum absolute atomic E-state index is 12.4. The van der Waals surface area contributed by atoms with Gasteiger partial charge in [0.2, 0.25) is 5.91 Å². The van der Waals surface area contributed by atoms with Crippen molar-refractivity contribution in [1.82, 2.24) is 14.8 Å². The number of carbonyl (C=O) groups excluding carboxylic acids is 2. The van der Waals surface area contributed by atoms with Crippen LogP contribution in [0.5, 0.6) is 0 Å². The zero-order valence-electron chi connectivity index (χ0n) is 11.4. The van der Waals surface area contributed by atoms with Crippen molar-refractivity contribution in [2.45, 2.75) is 12.8 Å². The van der Waals surface area contributed by atoms with Gasteiger partial charge in [0.25, 0.3) is 5.91 Å². The first-order valence-electron chi connectivity index (χ1n) is 6.95. The molecule has 0 unspecified atom stereocenters. The molecule has 1 aromatic rings. The molecule has 0 aromatic carbocycles. The average Bonchev–Trinajstić information content (AvgIpc) is 3.33. The van der Waals surface area contributed by atoms with Crippen LogP contribution < -0.4 is 0 Å². The van der Waals surface area contributed by atoms with Gasteiger partial charge in [-0.05, 0) is 18.9 Å². The maximum Gasteiger partial charge on any atom is 0.255 e. The molecule has 0 bridgehead atoms. The first-order chi connectivity index (χ1) is 10.1. The summed E-state index contributed by atoms with van der Waals surface area (Å²) < 4.78 is 0. The lowest BCUT2D eigenvalue weighted by molar-refractivity contribution is -0.134. The van der Waals surface area contributed by atoms with Crippen molar-refractivity contribution in [1.29, 1.82) is 0 Å². The number of piperazine rings is 1. The highest BCUT2D eigenvalue weighted by Gasteiger charge is 2.35. The number of hydrogen-bond acceptors (Lipinski definition) is 3. The molecule has 3 rings (SSSR count). The fourth-order valence-corrected chi connectivity index (χ4v) is 2.81. The Kier molecular flexibility index (Phi) is 4.04. The number of amides is 2. The number of pyridine rings is 1. The van der Waals surface area contributed by atoms with E-state index in [-0.39, 0.29) is 22.9 Å². The molecule has 1 aliphatic heterocycles. The maximum atomic E-state index is 12.4. The zero-order valence-corrected chi connectivity index (χ0v) is 12.9. The summed E-state index contributed by atoms with van der Waals surface area (Å²) >= 11 is 11.8. The lowest BCUT2D eigenvalue weighted by atomic mass is 10.2. The van der Waals surface area contributed by atoms with Crippen LogP contribution in [0.1, 0.15) is 23.2 Å². The number of carbonyl (C=O) groups is 2. The molecule has 7 heteroatoms. The van der Waals surface area contributed by atoms with Crippen molar-refractivity contribution in [2.24, 2.45) is 5.92 Å². The van der Waals surface area contributed by atoms with Crippen LogP contribution in [0.2, 0.25) is 10.2 Å². The molecule has 1 aromatic heterocycles. The molecular weight excluding hydrogens is 313 g/mol. The van der Waals surface area contributed by atoms with E-state index in [4.69, 9.17) is 23.2 Å². The van der Waals surface area contributed by atoms with Crippen LogP contribution in [0.3, 0.4) is 0 Å². The average molecular weight is 328 g/mol. The molecule has 1 aliphatic carbocycles. The predicted octanol–water partition coefficient (Wildman–Crippen LogP) is 2.08. The van der Waals surface area contributed by atoms with Crippen LogP contribution in [0.15, 0.2) is 12.3 Å². The molecule has 21 heavy (non-hydrogen) atoms. The smallest absolute Gasteiger partial charge is 0.255 e. The summed E-state index contributed by atoms with van der Waals surface area (Å²) in [7, 11) is 0. The van der Waals surface area contributed by atoms with E-state index in [0.717, 1.165) is 12.8 Å². The fraction of sp³-hybridized carbons (Fsp3) is 0.500. The molecule has 2 heterocycles. The Morgan fingerprint density at radius 2 is 1.71 bits per heavy atom. The molecule has 2 aliphatic rings. The molecule has 1 saturated carbocycles. The van der Waals surface area contributed by atoms with Gasteiger partial charge in [0.05, 0.1) is 10.6 Å². The molecular formula is C14H15Cl2N3O2. The van der Waals surface area contributed by atoms with E-state index in [1.165, 1.54) is 12.3 Å². The normalized spacial score (nSPS) is 18.8. The summed E-state index contributed by atoms with van der Waals surface area (Å²) in [6.45, 7) is 2.20. The monoisotopic (exact) mass is 327 g/mol. The zero-order chi connectivity index (χ0) is 15.0. The minimum absolute atomic E-state index is 0.164. The molecule has 2 amide bonds. The molecule has 0 N–H and O–H groups in total. The first kappa shape index (κ1) is 14.6. The molecule has 0 radical (unpaired) electrons. The van der Waals surface area contributed by atoms with Gasteiger partial charge in [-0.25, -0.2) is 4.98 Å². The SMILES string of the molecule is O=C(c1cc(Cl)ncc1Cl)N1CCN(C(=O)C2CC2)CC1. The minimum Gasteiger partial charge on any atom is -0.339 e. The van der Waals surface area contributed by atoms with Crippen LogP contribution in [0.25, 0.3) is 0 Å². The van der Waals surface area contributed by atoms with Gasteiger partial charge in [0, 0.05) is 38.3 Å². The third-order valence-electron chi connectivity index (χ3n) is 3.86. The van der Waals surface area contributed by atoms with Gasteiger partial charge in [0.1, 0.15) is 5.15 Å². The van der Waals surface area contributed by atoms with Gasteiger partial charge in [-0.15, -0.1) is 0 Å². The number of halogens is 2. The van der Waals surface area contributed by atoms with Crippen molar-refractivity contribution >= 4 is 35.0 Å². The highest BCUT2D eigenvalue weighted by Crippen LogP contribution is 2.31. The lowest BCUT2D eigenvalue weighted by Gasteiger charge is -2.35. The Hall–Kier alpha value is -1.33. The third kappa shape index (κ3) is 3.14. The van der Waals surface area contributed by atoms with E-state index in [9.17, 15) is 9.59 Å². The summed E-state index contributed by atoms with van der Waals surface area (Å²) in [6, 6.07) is 1.48. The number of hydrogen-bond donors (Lipinski definition) is 0. The van der Waals surface area contributed by atoms with Gasteiger partial charge >= 0.3 is 0 Å². The van der Waals surface area contributed by atoms with E-state index in [1.807, 2.05) is 4.90 Å². The predicted molar refractivity (Wildman–Crippen MR) is 79.5 cm³/mol. The highest BCUT2D eigenvalue weighted by atomic mass is 35.5. The van der Waals surface area contributed by atoms with E-state index in [2.05, 4.69) is 4.98 Å². The topological polar surface area (TPSA) is 53.5 Å². The number of rotatable bonds is 2. The second-order valence-corrected chi connectivity index (χ2v) is 6.17. The van der Waals surface area contributed by atoms with Crippen LogP contribution in [0.4, 0.5) is 0 Å². The van der Waals surface area contributed by atoms with E-state index in [0.29, 0.717) is 36.8 Å². The van der Waals surface area contributed by atoms with Crippen LogP contribution >= 0.6 is 23.2 Å². The first-order valence-corrected chi connectivity index (χ1v) is 7.71. The van der Waals surface area contributed by atoms with E-state index >= 15 is 0 Å². The van der Waals surface area contributed by atoms with E-state index in [1.54, 1.807) is 4.90 Å². The van der Waals surface area contributed by atoms with Crippen LogP contribution in [-0.4, -0.2) is 52.8 Å². The Morgan fingerprint density at radius 1 is 1.10 bits per heavy atom. The third-order valence-corrected chi connectivity index (χ3v) is 4.37. The van der Waals surface area contributed by atoms with Crippen molar-refractivity contribution in [3.05, 3.63) is 28.0 Å². The molecule has 0 spiro atoms. The summed E-state index contributed by atoms with van der Waals surface area (Å²) in [5.41, 5.74) is 0.360. The van der Waals surface area contributed by atoms with Gasteiger partial charge in [-0.1, -0.05) is 23.2 Å². The Labute approximate surface area is 132 Å². The summed E-state index contributed by atoms with van der Waals surface area (Å²) in [4.78, 5) is 31.8. The Morgan fingerprint density at radius 3 is 2.33 bits per heavy atom. The summed E-state index contributed by atoms with van der Waals surface area (Å²) in [5.74, 6) is 0.288. The van der Waals surface area contributed by atoms with Gasteiger partial charge in [0.15, 0.2) is 0 Å². The molecule has 1 saturated heterocycles.